The van der Waals surface area contributed by atoms with Gasteiger partial charge in [-0.05, 0) is 48.7 Å². The molecule has 1 atom stereocenters. The van der Waals surface area contributed by atoms with Crippen molar-refractivity contribution in [2.45, 2.75) is 37.7 Å². The van der Waals surface area contributed by atoms with Crippen LogP contribution in [0.5, 0.6) is 5.75 Å². The van der Waals surface area contributed by atoms with E-state index in [1.165, 1.54) is 16.4 Å². The number of anilines is 1. The number of carbonyl (C=O) groups is 1. The summed E-state index contributed by atoms with van der Waals surface area (Å²) in [6.45, 7) is 7.29. The van der Waals surface area contributed by atoms with Crippen molar-refractivity contribution in [3.05, 3.63) is 54.1 Å². The van der Waals surface area contributed by atoms with Crippen molar-refractivity contribution in [1.29, 1.82) is 0 Å². The molecule has 7 nitrogen and oxygen atoms in total. The zero-order valence-corrected chi connectivity index (χ0v) is 18.3. The largest absolute Gasteiger partial charge is 0.481 e. The Morgan fingerprint density at radius 3 is 2.30 bits per heavy atom. The summed E-state index contributed by atoms with van der Waals surface area (Å²) < 4.78 is 37.9. The third-order valence-electron chi connectivity index (χ3n) is 4.94. The third kappa shape index (κ3) is 5.19. The van der Waals surface area contributed by atoms with Gasteiger partial charge in [-0.25, -0.2) is 8.42 Å². The van der Waals surface area contributed by atoms with E-state index in [1.54, 1.807) is 19.1 Å². The molecule has 8 heteroatoms. The highest BCUT2D eigenvalue weighted by Crippen LogP contribution is 2.27. The second-order valence-electron chi connectivity index (χ2n) is 7.48. The summed E-state index contributed by atoms with van der Waals surface area (Å²) in [5.74, 6) is 0.650. The van der Waals surface area contributed by atoms with E-state index in [9.17, 15) is 13.2 Å². The molecule has 1 N–H and O–H groups in total. The first-order valence-corrected chi connectivity index (χ1v) is 11.5. The molecule has 0 unspecified atom stereocenters. The Kier molecular flexibility index (Phi) is 7.12. The van der Waals surface area contributed by atoms with E-state index < -0.39 is 16.1 Å². The van der Waals surface area contributed by atoms with Crippen LogP contribution >= 0.6 is 0 Å². The molecule has 3 rings (SSSR count). The fourth-order valence-corrected chi connectivity index (χ4v) is 4.61. The fourth-order valence-electron chi connectivity index (χ4n) is 3.20. The van der Waals surface area contributed by atoms with E-state index in [0.717, 1.165) is 5.56 Å². The minimum atomic E-state index is -3.56. The average molecular weight is 433 g/mol. The number of morpholine rings is 1. The molecule has 0 bridgehead atoms. The highest BCUT2D eigenvalue weighted by molar-refractivity contribution is 7.89. The lowest BCUT2D eigenvalue weighted by atomic mass is 10.0. The van der Waals surface area contributed by atoms with Crippen molar-refractivity contribution in [2.24, 2.45) is 0 Å². The molecule has 1 heterocycles. The lowest BCUT2D eigenvalue weighted by Crippen LogP contribution is -2.40. The number of nitrogens with one attached hydrogen (secondary N) is 1. The number of carbonyl (C=O) groups excluding carboxylic acids is 1. The van der Waals surface area contributed by atoms with E-state index >= 15 is 0 Å². The van der Waals surface area contributed by atoms with Crippen LogP contribution in [-0.2, 0) is 19.6 Å². The summed E-state index contributed by atoms with van der Waals surface area (Å²) in [5.41, 5.74) is 1.54. The van der Waals surface area contributed by atoms with Crippen LogP contribution in [0.2, 0.25) is 0 Å². The molecule has 1 saturated heterocycles. The van der Waals surface area contributed by atoms with Gasteiger partial charge in [0.2, 0.25) is 10.0 Å². The minimum absolute atomic E-state index is 0.192. The van der Waals surface area contributed by atoms with Gasteiger partial charge in [0.15, 0.2) is 6.10 Å². The van der Waals surface area contributed by atoms with Crippen LogP contribution in [0.3, 0.4) is 0 Å². The zero-order valence-electron chi connectivity index (χ0n) is 17.5. The number of benzene rings is 2. The second kappa shape index (κ2) is 9.59. The van der Waals surface area contributed by atoms with Crippen LogP contribution in [0.1, 0.15) is 32.3 Å². The third-order valence-corrected chi connectivity index (χ3v) is 6.86. The van der Waals surface area contributed by atoms with Crippen LogP contribution in [0.25, 0.3) is 0 Å². The predicted molar refractivity (Wildman–Crippen MR) is 115 cm³/mol. The number of amides is 1. The number of nitrogens with zero attached hydrogens (tertiary/aromatic N) is 1. The standard InChI is InChI=1S/C22H28N2O5S/c1-16(2)20-6-4-5-7-21(20)29-17(3)22(25)23-18-8-10-19(11-9-18)30(26,27)24-12-14-28-15-13-24/h4-11,16-17H,12-15H2,1-3H3,(H,23,25)/t17-/m1/s1. The maximum atomic E-state index is 12.7. The van der Waals surface area contributed by atoms with Crippen molar-refractivity contribution in [3.63, 3.8) is 0 Å². The molecule has 0 aliphatic carbocycles. The summed E-state index contributed by atoms with van der Waals surface area (Å²) in [4.78, 5) is 12.7. The van der Waals surface area contributed by atoms with Crippen molar-refractivity contribution >= 4 is 21.6 Å². The van der Waals surface area contributed by atoms with Gasteiger partial charge in [0.05, 0.1) is 18.1 Å². The van der Waals surface area contributed by atoms with Gasteiger partial charge in [-0.3, -0.25) is 4.79 Å². The predicted octanol–water partition coefficient (Wildman–Crippen LogP) is 3.24. The maximum absolute atomic E-state index is 12.7. The van der Waals surface area contributed by atoms with Crippen molar-refractivity contribution in [2.75, 3.05) is 31.6 Å². The molecule has 1 amide bonds. The Morgan fingerprint density at radius 2 is 1.67 bits per heavy atom. The molecule has 30 heavy (non-hydrogen) atoms. The molecule has 0 saturated carbocycles. The molecular formula is C22H28N2O5S. The monoisotopic (exact) mass is 432 g/mol. The molecular weight excluding hydrogens is 404 g/mol. The zero-order chi connectivity index (χ0) is 21.7. The van der Waals surface area contributed by atoms with Gasteiger partial charge in [0.25, 0.3) is 5.91 Å². The molecule has 1 fully saturated rings. The number of rotatable bonds is 7. The Hall–Kier alpha value is -2.42. The van der Waals surface area contributed by atoms with Gasteiger partial charge in [-0.15, -0.1) is 0 Å². The van der Waals surface area contributed by atoms with E-state index in [2.05, 4.69) is 19.2 Å². The number of para-hydroxylation sites is 1. The van der Waals surface area contributed by atoms with Gasteiger partial charge in [0.1, 0.15) is 5.75 Å². The molecule has 1 aliphatic rings. The fraction of sp³-hybridized carbons (Fsp3) is 0.409. The molecule has 0 spiro atoms. The summed E-state index contributed by atoms with van der Waals surface area (Å²) in [6, 6.07) is 13.8. The van der Waals surface area contributed by atoms with Gasteiger partial charge in [0, 0.05) is 18.8 Å². The van der Waals surface area contributed by atoms with Crippen LogP contribution in [0.4, 0.5) is 5.69 Å². The van der Waals surface area contributed by atoms with Crippen molar-refractivity contribution < 1.29 is 22.7 Å². The first kappa shape index (κ1) is 22.3. The lowest BCUT2D eigenvalue weighted by molar-refractivity contribution is -0.122. The minimum Gasteiger partial charge on any atom is -0.481 e. The average Bonchev–Trinajstić information content (AvgIpc) is 2.75. The smallest absolute Gasteiger partial charge is 0.265 e. The topological polar surface area (TPSA) is 84.9 Å². The molecule has 0 aromatic heterocycles. The summed E-state index contributed by atoms with van der Waals surface area (Å²) in [6.07, 6.45) is -0.707. The lowest BCUT2D eigenvalue weighted by Gasteiger charge is -2.26. The molecule has 1 aliphatic heterocycles. The van der Waals surface area contributed by atoms with Crippen LogP contribution in [0.15, 0.2) is 53.4 Å². The van der Waals surface area contributed by atoms with E-state index in [1.807, 2.05) is 24.3 Å². The van der Waals surface area contributed by atoms with E-state index in [-0.39, 0.29) is 16.7 Å². The Balaban J connectivity index is 1.64. The summed E-state index contributed by atoms with van der Waals surface area (Å²) in [5, 5.41) is 2.78. The Bertz CT molecular complexity index is 967. The number of hydrogen-bond donors (Lipinski definition) is 1. The molecule has 0 radical (unpaired) electrons. The number of ether oxygens (including phenoxy) is 2. The molecule has 162 valence electrons. The molecule has 2 aromatic rings. The SMILES string of the molecule is CC(C)c1ccccc1O[C@H](C)C(=O)Nc1ccc(S(=O)(=O)N2CCOCC2)cc1. The van der Waals surface area contributed by atoms with Crippen molar-refractivity contribution in [1.82, 2.24) is 4.31 Å². The van der Waals surface area contributed by atoms with E-state index in [0.29, 0.717) is 37.7 Å². The van der Waals surface area contributed by atoms with Gasteiger partial charge >= 0.3 is 0 Å². The second-order valence-corrected chi connectivity index (χ2v) is 9.42. The van der Waals surface area contributed by atoms with Gasteiger partial charge in [-0.1, -0.05) is 32.0 Å². The van der Waals surface area contributed by atoms with Crippen molar-refractivity contribution in [3.8, 4) is 5.75 Å². The highest BCUT2D eigenvalue weighted by Gasteiger charge is 2.26. The Morgan fingerprint density at radius 1 is 1.03 bits per heavy atom. The van der Waals surface area contributed by atoms with E-state index in [4.69, 9.17) is 9.47 Å². The van der Waals surface area contributed by atoms with Crippen LogP contribution < -0.4 is 10.1 Å². The highest BCUT2D eigenvalue weighted by atomic mass is 32.2. The first-order valence-electron chi connectivity index (χ1n) is 10.0. The van der Waals surface area contributed by atoms with Crippen LogP contribution in [0, 0.1) is 0 Å². The summed E-state index contributed by atoms with van der Waals surface area (Å²) >= 11 is 0. The summed E-state index contributed by atoms with van der Waals surface area (Å²) in [7, 11) is -3.56. The quantitative estimate of drug-likeness (QED) is 0.726. The Labute approximate surface area is 178 Å². The number of sulfonamides is 1. The molecule has 2 aromatic carbocycles. The number of hydrogen-bond acceptors (Lipinski definition) is 5. The van der Waals surface area contributed by atoms with Gasteiger partial charge < -0.3 is 14.8 Å². The maximum Gasteiger partial charge on any atom is 0.265 e. The van der Waals surface area contributed by atoms with Gasteiger partial charge in [-0.2, -0.15) is 4.31 Å². The van der Waals surface area contributed by atoms with Crippen LogP contribution in [-0.4, -0.2) is 51.0 Å². The first-order chi connectivity index (χ1) is 14.3. The normalized spacial score (nSPS) is 16.3.